The Morgan fingerprint density at radius 3 is 2.53 bits per heavy atom. The molecule has 3 heteroatoms. The second-order valence-corrected chi connectivity index (χ2v) is 11.6. The standard InChI is InChI=1S/C27H39NO2/c1-26(30)14-12-20-19(16-26)8-9-22-21(20)13-15-27(2)23(22)10-11-24(27)25(29)28-17-18-6-4-3-5-7-18/h3-7,19-24,30H,8-17H2,1-2H3,(H,28,29)/t19-,20+,21-,22-,23+,24-,26-,27+/m1/s1. The number of hydrogen-bond donors (Lipinski definition) is 2. The highest BCUT2D eigenvalue weighted by Gasteiger charge is 2.58. The lowest BCUT2D eigenvalue weighted by Crippen LogP contribution is -2.51. The second kappa shape index (κ2) is 7.65. The third kappa shape index (κ3) is 3.51. The van der Waals surface area contributed by atoms with Gasteiger partial charge in [0.2, 0.25) is 5.91 Å². The molecule has 1 aromatic carbocycles. The van der Waals surface area contributed by atoms with E-state index < -0.39 is 5.60 Å². The molecule has 164 valence electrons. The molecule has 0 aromatic heterocycles. The van der Waals surface area contributed by atoms with Crippen LogP contribution < -0.4 is 5.32 Å². The molecule has 0 unspecified atom stereocenters. The Morgan fingerprint density at radius 2 is 1.73 bits per heavy atom. The van der Waals surface area contributed by atoms with Gasteiger partial charge in [-0.15, -0.1) is 0 Å². The van der Waals surface area contributed by atoms with Crippen molar-refractivity contribution in [2.24, 2.45) is 40.9 Å². The van der Waals surface area contributed by atoms with Gasteiger partial charge in [0, 0.05) is 12.5 Å². The smallest absolute Gasteiger partial charge is 0.223 e. The summed E-state index contributed by atoms with van der Waals surface area (Å²) < 4.78 is 0. The third-order valence-corrected chi connectivity index (χ3v) is 9.86. The van der Waals surface area contributed by atoms with Gasteiger partial charge >= 0.3 is 0 Å². The summed E-state index contributed by atoms with van der Waals surface area (Å²) in [5.41, 5.74) is 0.919. The fourth-order valence-corrected chi connectivity index (χ4v) is 8.42. The van der Waals surface area contributed by atoms with Crippen LogP contribution in [0.4, 0.5) is 0 Å². The Kier molecular flexibility index (Phi) is 5.24. The van der Waals surface area contributed by atoms with Gasteiger partial charge in [-0.2, -0.15) is 0 Å². The molecule has 0 saturated heterocycles. The molecular formula is C27H39NO2. The van der Waals surface area contributed by atoms with Crippen molar-refractivity contribution in [1.82, 2.24) is 5.32 Å². The molecule has 0 radical (unpaired) electrons. The Balaban J connectivity index is 1.27. The number of carbonyl (C=O) groups excluding carboxylic acids is 1. The van der Waals surface area contributed by atoms with Crippen molar-refractivity contribution in [3.8, 4) is 0 Å². The van der Waals surface area contributed by atoms with Gasteiger partial charge in [-0.25, -0.2) is 0 Å². The molecule has 8 atom stereocenters. The molecule has 1 amide bonds. The number of carbonyl (C=O) groups is 1. The molecular weight excluding hydrogens is 370 g/mol. The van der Waals surface area contributed by atoms with E-state index in [4.69, 9.17) is 0 Å². The lowest BCUT2D eigenvalue weighted by Gasteiger charge is -2.56. The number of fused-ring (bicyclic) bond motifs is 5. The van der Waals surface area contributed by atoms with E-state index in [1.54, 1.807) is 0 Å². The molecule has 2 N–H and O–H groups in total. The van der Waals surface area contributed by atoms with E-state index >= 15 is 0 Å². The van der Waals surface area contributed by atoms with Crippen molar-refractivity contribution in [1.29, 1.82) is 0 Å². The zero-order valence-corrected chi connectivity index (χ0v) is 18.8. The van der Waals surface area contributed by atoms with Crippen LogP contribution in [0.2, 0.25) is 0 Å². The SMILES string of the molecule is C[C@@]1(O)CC[C@H]2[C@H](CC[C@@H]3[C@@H]2CC[C@]2(C)[C@@H](C(=O)NCc4ccccc4)CC[C@@H]32)C1. The Labute approximate surface area is 182 Å². The van der Waals surface area contributed by atoms with Gasteiger partial charge in [-0.3, -0.25) is 4.79 Å². The summed E-state index contributed by atoms with van der Waals surface area (Å²) in [4.78, 5) is 13.2. The average molecular weight is 410 g/mol. The number of amides is 1. The maximum Gasteiger partial charge on any atom is 0.223 e. The number of rotatable bonds is 3. The second-order valence-electron chi connectivity index (χ2n) is 11.6. The lowest BCUT2D eigenvalue weighted by molar-refractivity contribution is -0.134. The molecule has 0 spiro atoms. The Morgan fingerprint density at radius 1 is 0.967 bits per heavy atom. The van der Waals surface area contributed by atoms with Crippen LogP contribution >= 0.6 is 0 Å². The summed E-state index contributed by atoms with van der Waals surface area (Å²) in [5.74, 6) is 4.36. The first-order valence-corrected chi connectivity index (χ1v) is 12.4. The Hall–Kier alpha value is -1.35. The van der Waals surface area contributed by atoms with E-state index in [0.717, 1.165) is 42.9 Å². The summed E-state index contributed by atoms with van der Waals surface area (Å²) in [6.45, 7) is 5.13. The zero-order chi connectivity index (χ0) is 20.9. The summed E-state index contributed by atoms with van der Waals surface area (Å²) >= 11 is 0. The van der Waals surface area contributed by atoms with Crippen molar-refractivity contribution >= 4 is 5.91 Å². The highest BCUT2D eigenvalue weighted by molar-refractivity contribution is 5.80. The summed E-state index contributed by atoms with van der Waals surface area (Å²) in [5, 5.41) is 13.8. The molecule has 5 rings (SSSR count). The molecule has 4 fully saturated rings. The van der Waals surface area contributed by atoms with E-state index in [2.05, 4.69) is 24.4 Å². The maximum absolute atomic E-state index is 13.2. The van der Waals surface area contributed by atoms with Crippen LogP contribution in [-0.4, -0.2) is 16.6 Å². The molecule has 3 nitrogen and oxygen atoms in total. The maximum atomic E-state index is 13.2. The van der Waals surface area contributed by atoms with Gasteiger partial charge in [0.15, 0.2) is 0 Å². The number of benzene rings is 1. The van der Waals surface area contributed by atoms with Gasteiger partial charge in [0.1, 0.15) is 0 Å². The molecule has 30 heavy (non-hydrogen) atoms. The molecule has 0 bridgehead atoms. The van der Waals surface area contributed by atoms with Crippen LogP contribution in [0.15, 0.2) is 30.3 Å². The number of aliphatic hydroxyl groups is 1. The highest BCUT2D eigenvalue weighted by Crippen LogP contribution is 2.64. The first-order chi connectivity index (χ1) is 14.4. The van der Waals surface area contributed by atoms with E-state index in [1.807, 2.05) is 25.1 Å². The van der Waals surface area contributed by atoms with Gasteiger partial charge in [0.25, 0.3) is 0 Å². The van der Waals surface area contributed by atoms with Crippen LogP contribution in [0, 0.1) is 40.9 Å². The minimum absolute atomic E-state index is 0.176. The van der Waals surface area contributed by atoms with Crippen LogP contribution in [-0.2, 0) is 11.3 Å². The third-order valence-electron chi connectivity index (χ3n) is 9.86. The molecule has 0 aliphatic heterocycles. The van der Waals surface area contributed by atoms with E-state index in [1.165, 1.54) is 44.1 Å². The van der Waals surface area contributed by atoms with E-state index in [9.17, 15) is 9.90 Å². The summed E-state index contributed by atoms with van der Waals surface area (Å²) in [7, 11) is 0. The quantitative estimate of drug-likeness (QED) is 0.709. The summed E-state index contributed by atoms with van der Waals surface area (Å²) in [6.07, 6.45) is 10.6. The topological polar surface area (TPSA) is 49.3 Å². The molecule has 4 aliphatic rings. The predicted octanol–water partition coefficient (Wildman–Crippen LogP) is 5.32. The van der Waals surface area contributed by atoms with Crippen molar-refractivity contribution in [2.75, 3.05) is 0 Å². The zero-order valence-electron chi connectivity index (χ0n) is 18.8. The van der Waals surface area contributed by atoms with Crippen LogP contribution in [0.1, 0.15) is 77.2 Å². The Bertz CT molecular complexity index is 774. The fourth-order valence-electron chi connectivity index (χ4n) is 8.42. The van der Waals surface area contributed by atoms with Gasteiger partial charge in [-0.05, 0) is 105 Å². The molecule has 4 saturated carbocycles. The highest BCUT2D eigenvalue weighted by atomic mass is 16.3. The van der Waals surface area contributed by atoms with Crippen molar-refractivity contribution < 1.29 is 9.90 Å². The van der Waals surface area contributed by atoms with Crippen molar-refractivity contribution in [3.63, 3.8) is 0 Å². The van der Waals surface area contributed by atoms with Gasteiger partial charge in [0.05, 0.1) is 5.60 Å². The molecule has 0 heterocycles. The van der Waals surface area contributed by atoms with Crippen LogP contribution in [0.25, 0.3) is 0 Å². The summed E-state index contributed by atoms with van der Waals surface area (Å²) in [6, 6.07) is 10.3. The minimum Gasteiger partial charge on any atom is -0.390 e. The predicted molar refractivity (Wildman–Crippen MR) is 120 cm³/mol. The van der Waals surface area contributed by atoms with Gasteiger partial charge < -0.3 is 10.4 Å². The number of hydrogen-bond acceptors (Lipinski definition) is 2. The van der Waals surface area contributed by atoms with Crippen LogP contribution in [0.3, 0.4) is 0 Å². The first kappa shape index (κ1) is 20.5. The minimum atomic E-state index is -0.438. The van der Waals surface area contributed by atoms with Crippen molar-refractivity contribution in [2.45, 2.75) is 83.8 Å². The van der Waals surface area contributed by atoms with Crippen molar-refractivity contribution in [3.05, 3.63) is 35.9 Å². The van der Waals surface area contributed by atoms with E-state index in [-0.39, 0.29) is 17.2 Å². The first-order valence-electron chi connectivity index (χ1n) is 12.4. The normalized spacial score (nSPS) is 45.2. The fraction of sp³-hybridized carbons (Fsp3) is 0.741. The largest absolute Gasteiger partial charge is 0.390 e. The molecule has 1 aromatic rings. The van der Waals surface area contributed by atoms with Gasteiger partial charge in [-0.1, -0.05) is 37.3 Å². The monoisotopic (exact) mass is 409 g/mol. The van der Waals surface area contributed by atoms with E-state index in [0.29, 0.717) is 12.5 Å². The lowest BCUT2D eigenvalue weighted by atomic mass is 9.49. The van der Waals surface area contributed by atoms with Crippen LogP contribution in [0.5, 0.6) is 0 Å². The molecule has 4 aliphatic carbocycles. The average Bonchev–Trinajstić information content (AvgIpc) is 3.09. The number of nitrogens with one attached hydrogen (secondary N) is 1.